The number of benzene rings is 2. The summed E-state index contributed by atoms with van der Waals surface area (Å²) < 4.78 is 25.6. The molecule has 2 atom stereocenters. The van der Waals surface area contributed by atoms with E-state index >= 15 is 0 Å². The molecular weight excluding hydrogens is 465 g/mol. The summed E-state index contributed by atoms with van der Waals surface area (Å²) in [6, 6.07) is 14.9. The molecule has 3 nitrogen and oxygen atoms in total. The molecule has 1 heterocycles. The van der Waals surface area contributed by atoms with E-state index in [0.29, 0.717) is 11.3 Å². The number of piperidine rings is 1. The molecule has 2 aromatic rings. The monoisotopic (exact) mass is 510 g/mol. The lowest BCUT2D eigenvalue weighted by atomic mass is 9.72. The molecule has 1 fully saturated rings. The number of likely N-dealkylation sites (tertiary alicyclic amines) is 1. The van der Waals surface area contributed by atoms with Gasteiger partial charge in [-0.3, -0.25) is 0 Å². The van der Waals surface area contributed by atoms with Crippen molar-refractivity contribution in [3.05, 3.63) is 65.0 Å². The molecule has 36 heavy (non-hydrogen) atoms. The van der Waals surface area contributed by atoms with Crippen LogP contribution in [0.15, 0.2) is 42.5 Å². The second-order valence-corrected chi connectivity index (χ2v) is 14.2. The molecule has 2 unspecified atom stereocenters. The number of hydrogen-bond donors (Lipinski definition) is 0. The zero-order valence-corrected chi connectivity index (χ0v) is 24.0. The molecule has 1 saturated heterocycles. The summed E-state index contributed by atoms with van der Waals surface area (Å²) >= 11 is 0. The summed E-state index contributed by atoms with van der Waals surface area (Å²) in [7, 11) is -0.875. The average Bonchev–Trinajstić information content (AvgIpc) is 2.82. The fourth-order valence-corrected chi connectivity index (χ4v) is 8.39. The molecule has 197 valence electrons. The van der Waals surface area contributed by atoms with Gasteiger partial charge >= 0.3 is 0 Å². The first-order valence-corrected chi connectivity index (χ1v) is 16.0. The predicted molar refractivity (Wildman–Crippen MR) is 148 cm³/mol. The van der Waals surface area contributed by atoms with Crippen molar-refractivity contribution in [3.8, 4) is 5.75 Å². The normalized spacial score (nSPS) is 20.4. The predicted octanol–water partition coefficient (Wildman–Crippen LogP) is 7.61. The van der Waals surface area contributed by atoms with Gasteiger partial charge in [0.2, 0.25) is 9.04 Å². The van der Waals surface area contributed by atoms with Crippen molar-refractivity contribution < 1.29 is 13.6 Å². The molecular formula is C31H45FNO2Si. The highest BCUT2D eigenvalue weighted by Gasteiger charge is 2.31. The number of nitrogens with zero attached hydrogens (tertiary/aromatic N) is 1. The maximum atomic E-state index is 13.2. The number of fused-ring (bicyclic) bond motifs is 1. The van der Waals surface area contributed by atoms with Gasteiger partial charge in [-0.15, -0.1) is 0 Å². The van der Waals surface area contributed by atoms with Crippen LogP contribution >= 0.6 is 0 Å². The number of halogens is 1. The zero-order chi connectivity index (χ0) is 25.7. The summed E-state index contributed by atoms with van der Waals surface area (Å²) in [5.74, 6) is 2.24. The third-order valence-electron chi connectivity index (χ3n) is 7.75. The van der Waals surface area contributed by atoms with Gasteiger partial charge < -0.3 is 14.1 Å². The minimum Gasteiger partial charge on any atom is -0.466 e. The number of hydrogen-bond acceptors (Lipinski definition) is 3. The Bertz CT molecular complexity index is 966. The Labute approximate surface area is 220 Å². The van der Waals surface area contributed by atoms with Crippen LogP contribution in [0.5, 0.6) is 5.75 Å². The van der Waals surface area contributed by atoms with Crippen molar-refractivity contribution in [1.29, 1.82) is 0 Å². The average molecular weight is 511 g/mol. The van der Waals surface area contributed by atoms with Crippen LogP contribution < -0.4 is 4.74 Å². The van der Waals surface area contributed by atoms with E-state index in [1.165, 1.54) is 49.9 Å². The highest BCUT2D eigenvalue weighted by molar-refractivity contribution is 6.50. The molecule has 0 N–H and O–H groups in total. The summed E-state index contributed by atoms with van der Waals surface area (Å²) in [5.41, 5.74) is 4.55. The summed E-state index contributed by atoms with van der Waals surface area (Å²) in [6.45, 7) is 14.5. The fraction of sp³-hybridized carbons (Fsp3) is 0.613. The Morgan fingerprint density at radius 2 is 1.78 bits per heavy atom. The van der Waals surface area contributed by atoms with Gasteiger partial charge in [0.15, 0.2) is 6.29 Å². The zero-order valence-electron chi connectivity index (χ0n) is 23.0. The smallest absolute Gasteiger partial charge is 0.213 e. The van der Waals surface area contributed by atoms with Crippen molar-refractivity contribution in [2.24, 2.45) is 11.3 Å². The van der Waals surface area contributed by atoms with Gasteiger partial charge in [-0.05, 0) is 129 Å². The molecule has 2 aromatic carbocycles. The number of ether oxygens (including phenoxy) is 1. The van der Waals surface area contributed by atoms with Gasteiger partial charge in [0, 0.05) is 6.54 Å². The molecule has 5 heteroatoms. The molecule has 0 amide bonds. The van der Waals surface area contributed by atoms with Crippen LogP contribution in [0.2, 0.25) is 12.6 Å². The van der Waals surface area contributed by atoms with E-state index in [1.54, 1.807) is 17.7 Å². The Balaban J connectivity index is 1.28. The van der Waals surface area contributed by atoms with Crippen LogP contribution in [0, 0.1) is 17.2 Å². The van der Waals surface area contributed by atoms with Gasteiger partial charge in [0.25, 0.3) is 0 Å². The summed E-state index contributed by atoms with van der Waals surface area (Å²) in [4.78, 5) is 2.59. The molecule has 1 aliphatic carbocycles. The lowest BCUT2D eigenvalue weighted by Gasteiger charge is -2.38. The van der Waals surface area contributed by atoms with E-state index in [0.717, 1.165) is 37.1 Å². The maximum Gasteiger partial charge on any atom is 0.213 e. The molecule has 1 radical (unpaired) electrons. The number of rotatable bonds is 9. The second-order valence-electron chi connectivity index (χ2n) is 12.2. The molecule has 0 bridgehead atoms. The van der Waals surface area contributed by atoms with Crippen LogP contribution in [-0.2, 0) is 17.3 Å². The SMILES string of the molecule is CC(Oc1ccc2c(c1)CCCC2C1CCN(CCc2ccc(F)cc2)CC1)O[Si](C)CC(C)(C)C. The standard InChI is InChI=1S/C31H45FNO2Si/c1-23(35-36(5)22-31(2,3)4)34-28-13-14-30-26(21-28)7-6-8-29(30)25-16-19-33(20-17-25)18-15-24-9-11-27(32)12-10-24/h9-14,21,23,25,29H,6-8,15-20,22H2,1-5H3. The molecule has 1 aliphatic heterocycles. The maximum absolute atomic E-state index is 13.2. The van der Waals surface area contributed by atoms with Crippen LogP contribution in [-0.4, -0.2) is 39.9 Å². The van der Waals surface area contributed by atoms with Gasteiger partial charge in [-0.25, -0.2) is 4.39 Å². The Morgan fingerprint density at radius 3 is 2.47 bits per heavy atom. The van der Waals surface area contributed by atoms with Crippen LogP contribution in [0.1, 0.15) is 76.0 Å². The van der Waals surface area contributed by atoms with Gasteiger partial charge in [0.05, 0.1) is 0 Å². The van der Waals surface area contributed by atoms with E-state index in [2.05, 4.69) is 50.4 Å². The summed E-state index contributed by atoms with van der Waals surface area (Å²) in [6.07, 6.45) is 7.06. The molecule has 0 spiro atoms. The van der Waals surface area contributed by atoms with E-state index in [-0.39, 0.29) is 12.1 Å². The van der Waals surface area contributed by atoms with E-state index < -0.39 is 9.04 Å². The summed E-state index contributed by atoms with van der Waals surface area (Å²) in [5, 5.41) is 0. The van der Waals surface area contributed by atoms with E-state index in [4.69, 9.17) is 9.16 Å². The molecule has 0 saturated carbocycles. The highest BCUT2D eigenvalue weighted by Crippen LogP contribution is 2.42. The Kier molecular flexibility index (Phi) is 9.29. The third kappa shape index (κ3) is 7.90. The van der Waals surface area contributed by atoms with Gasteiger partial charge in [0.1, 0.15) is 11.6 Å². The Morgan fingerprint density at radius 1 is 1.06 bits per heavy atom. The second kappa shape index (κ2) is 12.2. The largest absolute Gasteiger partial charge is 0.466 e. The molecule has 2 aliphatic rings. The molecule has 4 rings (SSSR count). The topological polar surface area (TPSA) is 21.7 Å². The highest BCUT2D eigenvalue weighted by atomic mass is 28.3. The lowest BCUT2D eigenvalue weighted by molar-refractivity contribution is 0.0188. The minimum atomic E-state index is -0.875. The minimum absolute atomic E-state index is 0.152. The lowest BCUT2D eigenvalue weighted by Crippen LogP contribution is -2.37. The van der Waals surface area contributed by atoms with Crippen LogP contribution in [0.3, 0.4) is 0 Å². The third-order valence-corrected chi connectivity index (χ3v) is 10.0. The van der Waals surface area contributed by atoms with Crippen molar-refractivity contribution in [2.75, 3.05) is 19.6 Å². The quantitative estimate of drug-likeness (QED) is 0.256. The Hall–Kier alpha value is -1.69. The fourth-order valence-electron chi connectivity index (χ4n) is 6.20. The first-order valence-electron chi connectivity index (χ1n) is 13.9. The van der Waals surface area contributed by atoms with E-state index in [1.807, 2.05) is 19.1 Å². The number of aryl methyl sites for hydroxylation is 1. The van der Waals surface area contributed by atoms with E-state index in [9.17, 15) is 4.39 Å². The first kappa shape index (κ1) is 27.3. The van der Waals surface area contributed by atoms with Gasteiger partial charge in [-0.1, -0.05) is 39.0 Å². The van der Waals surface area contributed by atoms with Crippen molar-refractivity contribution in [2.45, 2.75) is 91.0 Å². The molecule has 0 aromatic heterocycles. The van der Waals surface area contributed by atoms with Gasteiger partial charge in [-0.2, -0.15) is 0 Å². The first-order chi connectivity index (χ1) is 17.2. The van der Waals surface area contributed by atoms with Crippen LogP contribution in [0.25, 0.3) is 0 Å². The van der Waals surface area contributed by atoms with Crippen molar-refractivity contribution in [1.82, 2.24) is 4.90 Å². The van der Waals surface area contributed by atoms with Crippen LogP contribution in [0.4, 0.5) is 4.39 Å². The van der Waals surface area contributed by atoms with Crippen molar-refractivity contribution in [3.63, 3.8) is 0 Å². The van der Waals surface area contributed by atoms with Crippen molar-refractivity contribution >= 4 is 9.04 Å².